The number of rotatable bonds is 2. The highest BCUT2D eigenvalue weighted by molar-refractivity contribution is 7.89. The fourth-order valence-corrected chi connectivity index (χ4v) is 3.27. The number of amides is 1. The Bertz CT molecular complexity index is 529. The van der Waals surface area contributed by atoms with Crippen LogP contribution in [-0.4, -0.2) is 30.2 Å². The van der Waals surface area contributed by atoms with E-state index in [9.17, 15) is 13.2 Å². The van der Waals surface area contributed by atoms with Crippen molar-refractivity contribution < 1.29 is 13.2 Å². The Balaban J connectivity index is 2.43. The maximum atomic E-state index is 12.0. The number of hydrogen-bond donors (Lipinski definition) is 0. The summed E-state index contributed by atoms with van der Waals surface area (Å²) < 4.78 is 24.9. The molecule has 5 nitrogen and oxygen atoms in total. The maximum Gasteiger partial charge on any atom is 0.266 e. The Morgan fingerprint density at radius 3 is 2.75 bits per heavy atom. The van der Waals surface area contributed by atoms with Crippen LogP contribution in [0.2, 0.25) is 5.15 Å². The predicted molar refractivity (Wildman–Crippen MR) is 57.4 cm³/mol. The van der Waals surface area contributed by atoms with Gasteiger partial charge in [0.05, 0.1) is 4.90 Å². The molecule has 2 heterocycles. The van der Waals surface area contributed by atoms with Crippen LogP contribution in [0.4, 0.5) is 0 Å². The number of sulfonamides is 1. The Kier molecular flexibility index (Phi) is 2.86. The SMILES string of the molecule is O=C1CCCN1S(=O)(=O)c1ccnc(Cl)c1. The number of carbonyl (C=O) groups is 1. The fourth-order valence-electron chi connectivity index (χ4n) is 1.55. The zero-order chi connectivity index (χ0) is 11.8. The summed E-state index contributed by atoms with van der Waals surface area (Å²) in [7, 11) is -3.75. The lowest BCUT2D eigenvalue weighted by atomic mass is 10.4. The van der Waals surface area contributed by atoms with Gasteiger partial charge in [-0.05, 0) is 18.6 Å². The van der Waals surface area contributed by atoms with Gasteiger partial charge in [-0.15, -0.1) is 0 Å². The molecule has 1 aliphatic heterocycles. The molecule has 2 rings (SSSR count). The lowest BCUT2D eigenvalue weighted by Crippen LogP contribution is -2.31. The lowest BCUT2D eigenvalue weighted by Gasteiger charge is -2.15. The molecule has 1 aromatic heterocycles. The molecule has 1 amide bonds. The van der Waals surface area contributed by atoms with Crippen LogP contribution in [0.3, 0.4) is 0 Å². The molecule has 16 heavy (non-hydrogen) atoms. The molecule has 0 atom stereocenters. The van der Waals surface area contributed by atoms with Gasteiger partial charge in [0.15, 0.2) is 0 Å². The molecule has 1 aromatic rings. The van der Waals surface area contributed by atoms with Gasteiger partial charge < -0.3 is 0 Å². The van der Waals surface area contributed by atoms with Crippen molar-refractivity contribution in [3.8, 4) is 0 Å². The predicted octanol–water partition coefficient (Wildman–Crippen LogP) is 1.05. The number of carbonyl (C=O) groups excluding carboxylic acids is 1. The third-order valence-corrected chi connectivity index (χ3v) is 4.34. The number of halogens is 1. The van der Waals surface area contributed by atoms with Crippen LogP contribution in [0.25, 0.3) is 0 Å². The van der Waals surface area contributed by atoms with E-state index >= 15 is 0 Å². The van der Waals surface area contributed by atoms with Crippen molar-refractivity contribution >= 4 is 27.5 Å². The summed E-state index contributed by atoms with van der Waals surface area (Å²) in [6.07, 6.45) is 2.14. The third-order valence-electron chi connectivity index (χ3n) is 2.32. The number of nitrogens with zero attached hydrogens (tertiary/aromatic N) is 2. The van der Waals surface area contributed by atoms with E-state index in [0.717, 1.165) is 4.31 Å². The van der Waals surface area contributed by atoms with E-state index in [1.165, 1.54) is 18.3 Å². The highest BCUT2D eigenvalue weighted by Crippen LogP contribution is 2.22. The van der Waals surface area contributed by atoms with Crippen LogP contribution >= 0.6 is 11.6 Å². The monoisotopic (exact) mass is 260 g/mol. The van der Waals surface area contributed by atoms with E-state index in [1.807, 2.05) is 0 Å². The minimum absolute atomic E-state index is 0.00255. The molecule has 0 aliphatic carbocycles. The summed E-state index contributed by atoms with van der Waals surface area (Å²) in [4.78, 5) is 15.1. The molecule has 0 N–H and O–H groups in total. The quantitative estimate of drug-likeness (QED) is 0.746. The van der Waals surface area contributed by atoms with Crippen LogP contribution in [0, 0.1) is 0 Å². The van der Waals surface area contributed by atoms with Crippen LogP contribution in [0.5, 0.6) is 0 Å². The molecule has 1 saturated heterocycles. The lowest BCUT2D eigenvalue weighted by molar-refractivity contribution is -0.123. The average molecular weight is 261 g/mol. The van der Waals surface area contributed by atoms with Gasteiger partial charge in [0.2, 0.25) is 5.91 Å². The molecule has 1 aliphatic rings. The van der Waals surface area contributed by atoms with Crippen LogP contribution in [0.15, 0.2) is 23.2 Å². The maximum absolute atomic E-state index is 12.0. The zero-order valence-electron chi connectivity index (χ0n) is 8.26. The molecule has 7 heteroatoms. The minimum atomic E-state index is -3.75. The third kappa shape index (κ3) is 1.90. The molecule has 86 valence electrons. The van der Waals surface area contributed by atoms with Crippen LogP contribution < -0.4 is 0 Å². The second-order valence-corrected chi connectivity index (χ2v) is 5.64. The van der Waals surface area contributed by atoms with Crippen LogP contribution in [-0.2, 0) is 14.8 Å². The smallest absolute Gasteiger partial charge is 0.266 e. The largest absolute Gasteiger partial charge is 0.274 e. The first kappa shape index (κ1) is 11.3. The number of pyridine rings is 1. The number of aromatic nitrogens is 1. The summed E-state index contributed by atoms with van der Waals surface area (Å²) in [5.74, 6) is -0.368. The topological polar surface area (TPSA) is 67.3 Å². The summed E-state index contributed by atoms with van der Waals surface area (Å²) >= 11 is 5.61. The minimum Gasteiger partial charge on any atom is -0.274 e. The standard InChI is InChI=1S/C9H9ClN2O3S/c10-8-6-7(3-4-11-8)16(14,15)12-5-1-2-9(12)13/h3-4,6H,1-2,5H2. The van der Waals surface area contributed by atoms with E-state index in [0.29, 0.717) is 6.42 Å². The first-order chi connectivity index (χ1) is 7.51. The Labute approximate surface area is 98.1 Å². The molecule has 0 unspecified atom stereocenters. The molecule has 0 aromatic carbocycles. The molecule has 0 spiro atoms. The van der Waals surface area contributed by atoms with Gasteiger partial charge in [-0.3, -0.25) is 4.79 Å². The first-order valence-electron chi connectivity index (χ1n) is 4.69. The van der Waals surface area contributed by atoms with E-state index in [4.69, 9.17) is 11.6 Å². The molecular weight excluding hydrogens is 252 g/mol. The van der Waals surface area contributed by atoms with Crippen molar-refractivity contribution in [2.75, 3.05) is 6.54 Å². The molecular formula is C9H9ClN2O3S. The van der Waals surface area contributed by atoms with Crippen molar-refractivity contribution in [2.24, 2.45) is 0 Å². The van der Waals surface area contributed by atoms with Crippen molar-refractivity contribution in [1.82, 2.24) is 9.29 Å². The molecule has 0 saturated carbocycles. The van der Waals surface area contributed by atoms with Crippen molar-refractivity contribution in [1.29, 1.82) is 0 Å². The first-order valence-corrected chi connectivity index (χ1v) is 6.51. The summed E-state index contributed by atoms with van der Waals surface area (Å²) in [5, 5.41) is 0.0905. The second-order valence-electron chi connectivity index (χ2n) is 3.39. The highest BCUT2D eigenvalue weighted by atomic mass is 35.5. The summed E-state index contributed by atoms with van der Waals surface area (Å²) in [6, 6.07) is 2.56. The molecule has 0 bridgehead atoms. The van der Waals surface area contributed by atoms with Crippen molar-refractivity contribution in [3.63, 3.8) is 0 Å². The van der Waals surface area contributed by atoms with E-state index in [2.05, 4.69) is 4.98 Å². The average Bonchev–Trinajstić information content (AvgIpc) is 2.65. The van der Waals surface area contributed by atoms with E-state index in [-0.39, 0.29) is 28.9 Å². The molecule has 1 fully saturated rings. The van der Waals surface area contributed by atoms with Crippen molar-refractivity contribution in [2.45, 2.75) is 17.7 Å². The Morgan fingerprint density at radius 2 is 2.19 bits per heavy atom. The van der Waals surface area contributed by atoms with Gasteiger partial charge in [0.25, 0.3) is 10.0 Å². The zero-order valence-corrected chi connectivity index (χ0v) is 9.83. The van der Waals surface area contributed by atoms with Gasteiger partial charge in [-0.2, -0.15) is 0 Å². The van der Waals surface area contributed by atoms with Gasteiger partial charge in [0, 0.05) is 19.2 Å². The van der Waals surface area contributed by atoms with Gasteiger partial charge in [-0.25, -0.2) is 17.7 Å². The van der Waals surface area contributed by atoms with Crippen molar-refractivity contribution in [3.05, 3.63) is 23.5 Å². The second kappa shape index (κ2) is 4.03. The van der Waals surface area contributed by atoms with Gasteiger partial charge in [-0.1, -0.05) is 11.6 Å². The van der Waals surface area contributed by atoms with Gasteiger partial charge >= 0.3 is 0 Å². The molecule has 0 radical (unpaired) electrons. The summed E-state index contributed by atoms with van der Waals surface area (Å²) in [6.45, 7) is 0.237. The van der Waals surface area contributed by atoms with Crippen LogP contribution in [0.1, 0.15) is 12.8 Å². The van der Waals surface area contributed by atoms with Gasteiger partial charge in [0.1, 0.15) is 5.15 Å². The van der Waals surface area contributed by atoms with E-state index < -0.39 is 10.0 Å². The Morgan fingerprint density at radius 1 is 1.44 bits per heavy atom. The normalized spacial score (nSPS) is 16.8. The summed E-state index contributed by atoms with van der Waals surface area (Å²) in [5.41, 5.74) is 0. The Hall–Kier alpha value is -1.14. The van der Waals surface area contributed by atoms with E-state index in [1.54, 1.807) is 0 Å². The highest BCUT2D eigenvalue weighted by Gasteiger charge is 2.32. The number of hydrogen-bond acceptors (Lipinski definition) is 4. The fraction of sp³-hybridized carbons (Fsp3) is 0.333.